The molecular weight excluding hydrogens is 346 g/mol. The van der Waals surface area contributed by atoms with Gasteiger partial charge >= 0.3 is 0 Å². The maximum atomic E-state index is 13.2. The lowest BCUT2D eigenvalue weighted by atomic mass is 9.67. The lowest BCUT2D eigenvalue weighted by Gasteiger charge is -2.38. The van der Waals surface area contributed by atoms with Crippen LogP contribution in [0.5, 0.6) is 0 Å². The molecule has 0 unspecified atom stereocenters. The van der Waals surface area contributed by atoms with E-state index in [1.165, 1.54) is 0 Å². The van der Waals surface area contributed by atoms with Crippen LogP contribution < -0.4 is 5.32 Å². The zero-order valence-corrected chi connectivity index (χ0v) is 15.2. The number of benzene rings is 2. The minimum atomic E-state index is -1.90. The summed E-state index contributed by atoms with van der Waals surface area (Å²) in [5.74, 6) is -1.10. The smallest absolute Gasteiger partial charge is 0.283 e. The van der Waals surface area contributed by atoms with Crippen LogP contribution in [0.3, 0.4) is 0 Å². The molecule has 1 saturated heterocycles. The lowest BCUT2D eigenvalue weighted by molar-refractivity contribution is -0.587. The number of amides is 1. The molecule has 0 aliphatic carbocycles. The van der Waals surface area contributed by atoms with Gasteiger partial charge in [0.1, 0.15) is 6.61 Å². The van der Waals surface area contributed by atoms with E-state index in [1.807, 2.05) is 31.2 Å². The Morgan fingerprint density at radius 1 is 1.26 bits per heavy atom. The Morgan fingerprint density at radius 3 is 2.59 bits per heavy atom. The summed E-state index contributed by atoms with van der Waals surface area (Å²) in [6.45, 7) is 1.43. The molecule has 27 heavy (non-hydrogen) atoms. The van der Waals surface area contributed by atoms with Gasteiger partial charge in [0.05, 0.1) is 5.92 Å². The van der Waals surface area contributed by atoms with E-state index in [0.29, 0.717) is 11.3 Å². The highest BCUT2D eigenvalue weighted by Gasteiger charge is 2.78. The van der Waals surface area contributed by atoms with Crippen molar-refractivity contribution in [2.24, 2.45) is 0 Å². The molecule has 140 valence electrons. The van der Waals surface area contributed by atoms with Crippen LogP contribution in [-0.4, -0.2) is 46.6 Å². The average Bonchev–Trinajstić information content (AvgIpc) is 3.10. The molecule has 0 bridgehead atoms. The molecule has 2 heterocycles. The summed E-state index contributed by atoms with van der Waals surface area (Å²) in [6, 6.07) is 14.5. The van der Waals surface area contributed by atoms with Crippen LogP contribution in [0.2, 0.25) is 0 Å². The number of likely N-dealkylation sites (tertiary alicyclic amines) is 1. The molecule has 0 saturated carbocycles. The van der Waals surface area contributed by atoms with Crippen molar-refractivity contribution in [2.75, 3.05) is 25.5 Å². The zero-order chi connectivity index (χ0) is 19.4. The van der Waals surface area contributed by atoms with E-state index in [1.54, 1.807) is 36.2 Å². The van der Waals surface area contributed by atoms with E-state index >= 15 is 0 Å². The third kappa shape index (κ3) is 1.95. The summed E-state index contributed by atoms with van der Waals surface area (Å²) in [7, 11) is 1.72. The average molecular weight is 367 g/mol. The summed E-state index contributed by atoms with van der Waals surface area (Å²) < 4.78 is 0. The van der Waals surface area contributed by atoms with Crippen LogP contribution in [0.15, 0.2) is 48.5 Å². The standard InChI is InChI=1S/C20H21N3O4/c1-13-7-3-4-8-14(13)16-11-22(2)20(19(16,12-24)23(26)27)15-9-5-6-10-17(15)21-18(20)25/h3-10,16,24H,11-12H2,1-2H3,(H,21,25)/t16-,19-,20+/m1/s1. The number of aliphatic hydroxyl groups excluding tert-OH is 1. The van der Waals surface area contributed by atoms with Gasteiger partial charge in [0.25, 0.3) is 11.4 Å². The minimum Gasteiger partial charge on any atom is -0.389 e. The number of aliphatic hydroxyl groups is 1. The van der Waals surface area contributed by atoms with Gasteiger partial charge in [-0.05, 0) is 31.2 Å². The summed E-state index contributed by atoms with van der Waals surface area (Å²) in [5.41, 5.74) is -0.693. The quantitative estimate of drug-likeness (QED) is 0.638. The van der Waals surface area contributed by atoms with E-state index in [4.69, 9.17) is 0 Å². The topological polar surface area (TPSA) is 95.7 Å². The number of hydrogen-bond acceptors (Lipinski definition) is 5. The molecule has 7 heteroatoms. The van der Waals surface area contributed by atoms with Crippen LogP contribution in [0, 0.1) is 17.0 Å². The molecule has 1 fully saturated rings. The van der Waals surface area contributed by atoms with E-state index in [2.05, 4.69) is 5.32 Å². The van der Waals surface area contributed by atoms with Crippen LogP contribution >= 0.6 is 0 Å². The predicted molar refractivity (Wildman–Crippen MR) is 100 cm³/mol. The third-order valence-corrected chi connectivity index (χ3v) is 6.26. The molecule has 0 radical (unpaired) electrons. The van der Waals surface area contributed by atoms with Crippen molar-refractivity contribution < 1.29 is 14.8 Å². The second-order valence-electron chi connectivity index (χ2n) is 7.34. The molecule has 7 nitrogen and oxygen atoms in total. The molecule has 0 aromatic heterocycles. The van der Waals surface area contributed by atoms with Gasteiger partial charge in [-0.15, -0.1) is 0 Å². The Bertz CT molecular complexity index is 946. The molecule has 1 spiro atoms. The normalized spacial score (nSPS) is 29.7. The van der Waals surface area contributed by atoms with Crippen LogP contribution in [-0.2, 0) is 10.3 Å². The van der Waals surface area contributed by atoms with E-state index in [0.717, 1.165) is 11.1 Å². The molecule has 4 rings (SSSR count). The van der Waals surface area contributed by atoms with E-state index in [-0.39, 0.29) is 6.54 Å². The predicted octanol–water partition coefficient (Wildman–Crippen LogP) is 1.88. The number of aryl methyl sites for hydroxylation is 1. The fourth-order valence-corrected chi connectivity index (χ4v) is 5.07. The van der Waals surface area contributed by atoms with E-state index < -0.39 is 34.4 Å². The molecule has 1 amide bonds. The summed E-state index contributed by atoms with van der Waals surface area (Å²) in [5, 5.41) is 25.8. The number of hydrogen-bond donors (Lipinski definition) is 2. The Labute approximate surface area is 156 Å². The van der Waals surface area contributed by atoms with Crippen LogP contribution in [0.1, 0.15) is 22.6 Å². The molecule has 2 aliphatic heterocycles. The molecular formula is C20H21N3O4. The van der Waals surface area contributed by atoms with Crippen molar-refractivity contribution in [3.05, 3.63) is 75.3 Å². The first-order valence-electron chi connectivity index (χ1n) is 8.84. The van der Waals surface area contributed by atoms with Gasteiger partial charge in [0.15, 0.2) is 0 Å². The van der Waals surface area contributed by atoms with Crippen LogP contribution in [0.4, 0.5) is 5.69 Å². The molecule has 3 atom stereocenters. The summed E-state index contributed by atoms with van der Waals surface area (Å²) >= 11 is 0. The van der Waals surface area contributed by atoms with E-state index in [9.17, 15) is 20.0 Å². The number of para-hydroxylation sites is 1. The van der Waals surface area contributed by atoms with Crippen molar-refractivity contribution in [1.29, 1.82) is 0 Å². The molecule has 2 N–H and O–H groups in total. The maximum absolute atomic E-state index is 13.2. The highest BCUT2D eigenvalue weighted by Crippen LogP contribution is 2.58. The number of carbonyl (C=O) groups excluding carboxylic acids is 1. The molecule has 2 aromatic carbocycles. The molecule has 2 aliphatic rings. The number of fused-ring (bicyclic) bond motifs is 2. The Kier molecular flexibility index (Phi) is 3.83. The number of carbonyl (C=O) groups is 1. The van der Waals surface area contributed by atoms with Gasteiger partial charge < -0.3 is 10.4 Å². The number of nitro groups is 1. The van der Waals surface area contributed by atoms with Crippen molar-refractivity contribution in [2.45, 2.75) is 23.9 Å². The van der Waals surface area contributed by atoms with Crippen molar-refractivity contribution in [1.82, 2.24) is 4.90 Å². The largest absolute Gasteiger partial charge is 0.389 e. The SMILES string of the molecule is Cc1ccccc1[C@H]1CN(C)[C@@]2(C(=O)Nc3ccccc32)[C@]1(CO)[N+](=O)[O-]. The summed E-state index contributed by atoms with van der Waals surface area (Å²) in [6.07, 6.45) is 0. The maximum Gasteiger partial charge on any atom is 0.283 e. The molecule has 2 aromatic rings. The number of likely N-dealkylation sites (N-methyl/N-ethyl adjacent to an activating group) is 1. The first kappa shape index (κ1) is 17.6. The lowest BCUT2D eigenvalue weighted by Crippen LogP contribution is -2.65. The first-order chi connectivity index (χ1) is 12.9. The number of nitrogens with zero attached hydrogens (tertiary/aromatic N) is 2. The second-order valence-corrected chi connectivity index (χ2v) is 7.34. The fraction of sp³-hybridized carbons (Fsp3) is 0.350. The number of anilines is 1. The van der Waals surface area contributed by atoms with Gasteiger partial charge in [-0.1, -0.05) is 42.5 Å². The van der Waals surface area contributed by atoms with Gasteiger partial charge in [0, 0.05) is 22.7 Å². The Morgan fingerprint density at radius 2 is 1.93 bits per heavy atom. The summed E-state index contributed by atoms with van der Waals surface area (Å²) in [4.78, 5) is 27.1. The highest BCUT2D eigenvalue weighted by atomic mass is 16.6. The first-order valence-corrected chi connectivity index (χ1v) is 8.84. The number of nitrogens with one attached hydrogen (secondary N) is 1. The van der Waals surface area contributed by atoms with Crippen molar-refractivity contribution in [3.63, 3.8) is 0 Å². The Hall–Kier alpha value is -2.77. The van der Waals surface area contributed by atoms with Gasteiger partial charge in [-0.2, -0.15) is 0 Å². The third-order valence-electron chi connectivity index (χ3n) is 6.26. The monoisotopic (exact) mass is 367 g/mol. The van der Waals surface area contributed by atoms with Gasteiger partial charge in [0.2, 0.25) is 5.54 Å². The van der Waals surface area contributed by atoms with Gasteiger partial charge in [-0.25, -0.2) is 0 Å². The zero-order valence-electron chi connectivity index (χ0n) is 15.2. The van der Waals surface area contributed by atoms with Crippen molar-refractivity contribution in [3.8, 4) is 0 Å². The second kappa shape index (κ2) is 5.87. The minimum absolute atomic E-state index is 0.286. The fourth-order valence-electron chi connectivity index (χ4n) is 5.07. The van der Waals surface area contributed by atoms with Crippen LogP contribution in [0.25, 0.3) is 0 Å². The Balaban J connectivity index is 2.05. The highest BCUT2D eigenvalue weighted by molar-refractivity contribution is 6.07. The van der Waals surface area contributed by atoms with Crippen molar-refractivity contribution >= 4 is 11.6 Å². The number of rotatable bonds is 3. The van der Waals surface area contributed by atoms with Gasteiger partial charge in [-0.3, -0.25) is 19.8 Å².